The second kappa shape index (κ2) is 20.1. The number of anilines is 3. The van der Waals surface area contributed by atoms with E-state index < -0.39 is 47.2 Å². The number of ether oxygens (including phenoxy) is 2. The molecule has 0 spiro atoms. The van der Waals surface area contributed by atoms with Gasteiger partial charge in [-0.3, -0.25) is 19.2 Å². The number of alkyl carbamates (subject to hydrolysis) is 2. The first-order valence-electron chi connectivity index (χ1n) is 20.9. The maximum absolute atomic E-state index is 14.1. The Labute approximate surface area is 363 Å². The van der Waals surface area contributed by atoms with E-state index in [4.69, 9.17) is 9.47 Å². The van der Waals surface area contributed by atoms with Crippen molar-refractivity contribution in [2.75, 3.05) is 42.8 Å². The van der Waals surface area contributed by atoms with E-state index in [0.29, 0.717) is 63.2 Å². The monoisotopic (exact) mass is 857 g/mol. The molecule has 334 valence electrons. The second-order valence-electron chi connectivity index (χ2n) is 18.0. The number of likely N-dealkylation sites (tertiary alicyclic amines) is 2. The molecule has 3 aromatic carbocycles. The van der Waals surface area contributed by atoms with Gasteiger partial charge in [0, 0.05) is 43.2 Å². The van der Waals surface area contributed by atoms with E-state index in [2.05, 4.69) is 21.3 Å². The number of carbonyl (C=O) groups is 6. The standard InChI is InChI=1S/C46H60FN7O8/c1-45(2,3)37(50-43(59)61-7)41(57)53-23-11-17-35(53)39(55)48-32-15-9-13-29(25-32)27-52(34-21-19-31(47)20-22-34)28-30-14-10-16-33(26-30)49-40(56)36-18-12-24-54(36)42(58)38(46(4,5)6)51-44(60)62-8/h9-10,13-16,19-22,25-26,35-38H,11-12,17-18,23-24,27-28H2,1-8H3,(H,48,55)(H,49,56)(H,50,59)(H,51,60)/t35-,36-,37+,38+/m0/s1. The molecule has 16 heteroatoms. The molecule has 2 aliphatic rings. The summed E-state index contributed by atoms with van der Waals surface area (Å²) in [6, 6.07) is 17.6. The minimum absolute atomic E-state index is 0.343. The van der Waals surface area contributed by atoms with Gasteiger partial charge in [-0.1, -0.05) is 65.8 Å². The Balaban J connectivity index is 1.30. The van der Waals surface area contributed by atoms with Gasteiger partial charge < -0.3 is 45.4 Å². The fourth-order valence-corrected chi connectivity index (χ4v) is 7.87. The van der Waals surface area contributed by atoms with E-state index >= 15 is 0 Å². The largest absolute Gasteiger partial charge is 0.453 e. The van der Waals surface area contributed by atoms with Gasteiger partial charge in [-0.25, -0.2) is 14.0 Å². The highest BCUT2D eigenvalue weighted by Gasteiger charge is 2.43. The van der Waals surface area contributed by atoms with E-state index in [9.17, 15) is 33.2 Å². The number of hydrogen-bond donors (Lipinski definition) is 4. The molecule has 2 saturated heterocycles. The third kappa shape index (κ3) is 12.0. The van der Waals surface area contributed by atoms with E-state index in [1.54, 1.807) is 24.3 Å². The highest BCUT2D eigenvalue weighted by atomic mass is 19.1. The number of carbonyl (C=O) groups excluding carboxylic acids is 6. The fourth-order valence-electron chi connectivity index (χ4n) is 7.87. The molecule has 5 rings (SSSR count). The van der Waals surface area contributed by atoms with Crippen LogP contribution in [0.4, 0.5) is 31.0 Å². The smallest absolute Gasteiger partial charge is 0.407 e. The van der Waals surface area contributed by atoms with Crippen molar-refractivity contribution in [1.29, 1.82) is 0 Å². The summed E-state index contributed by atoms with van der Waals surface area (Å²) < 4.78 is 23.6. The quantitative estimate of drug-likeness (QED) is 0.151. The lowest BCUT2D eigenvalue weighted by atomic mass is 9.85. The summed E-state index contributed by atoms with van der Waals surface area (Å²) in [7, 11) is 2.46. The molecule has 4 N–H and O–H groups in total. The van der Waals surface area contributed by atoms with E-state index in [1.165, 1.54) is 36.2 Å². The zero-order valence-corrected chi connectivity index (χ0v) is 36.9. The molecular formula is C46H60FN7O8. The molecule has 0 bridgehead atoms. The van der Waals surface area contributed by atoms with Crippen molar-refractivity contribution < 1.29 is 42.6 Å². The lowest BCUT2D eigenvalue weighted by Gasteiger charge is -2.35. The van der Waals surface area contributed by atoms with Crippen molar-refractivity contribution in [3.05, 3.63) is 89.7 Å². The van der Waals surface area contributed by atoms with Crippen molar-refractivity contribution in [2.24, 2.45) is 10.8 Å². The number of nitrogens with one attached hydrogen (secondary N) is 4. The third-order valence-corrected chi connectivity index (χ3v) is 11.1. The van der Waals surface area contributed by atoms with Crippen molar-refractivity contribution in [1.82, 2.24) is 20.4 Å². The molecule has 2 heterocycles. The van der Waals surface area contributed by atoms with Gasteiger partial charge >= 0.3 is 12.2 Å². The molecule has 0 aliphatic carbocycles. The number of rotatable bonds is 13. The molecule has 3 aromatic rings. The van der Waals surface area contributed by atoms with Gasteiger partial charge in [-0.05, 0) is 96.2 Å². The van der Waals surface area contributed by atoms with Gasteiger partial charge in [0.05, 0.1) is 14.2 Å². The Morgan fingerprint density at radius 1 is 0.661 bits per heavy atom. The predicted octanol–water partition coefficient (Wildman–Crippen LogP) is 6.43. The fraction of sp³-hybridized carbons (Fsp3) is 0.478. The van der Waals surface area contributed by atoms with Gasteiger partial charge in [-0.15, -0.1) is 0 Å². The number of halogens is 1. The SMILES string of the molecule is COC(=O)N[C@H](C(=O)N1CCC[C@H]1C(=O)Nc1cccc(CN(Cc2cccc(NC(=O)[C@@H]3CCCN3C(=O)[C@@H](NC(=O)OC)C(C)(C)C)c2)c2ccc(F)cc2)c1)C(C)(C)C. The number of methoxy groups -OCH3 is 2. The number of benzene rings is 3. The summed E-state index contributed by atoms with van der Waals surface area (Å²) in [5, 5.41) is 11.3. The highest BCUT2D eigenvalue weighted by molar-refractivity contribution is 6.00. The summed E-state index contributed by atoms with van der Waals surface area (Å²) in [5.41, 5.74) is 2.20. The lowest BCUT2D eigenvalue weighted by Crippen LogP contribution is -2.57. The molecule has 15 nitrogen and oxygen atoms in total. The highest BCUT2D eigenvalue weighted by Crippen LogP contribution is 2.29. The molecule has 0 saturated carbocycles. The summed E-state index contributed by atoms with van der Waals surface area (Å²) in [4.78, 5) is 84.3. The topological polar surface area (TPSA) is 179 Å². The van der Waals surface area contributed by atoms with Gasteiger partial charge in [0.2, 0.25) is 23.6 Å². The zero-order chi connectivity index (χ0) is 45.4. The minimum atomic E-state index is -0.904. The molecule has 62 heavy (non-hydrogen) atoms. The third-order valence-electron chi connectivity index (χ3n) is 11.1. The second-order valence-corrected chi connectivity index (χ2v) is 18.0. The first kappa shape index (κ1) is 46.9. The summed E-state index contributed by atoms with van der Waals surface area (Å²) in [6.07, 6.45) is 0.730. The van der Waals surface area contributed by atoms with E-state index in [-0.39, 0.29) is 29.4 Å². The molecule has 2 fully saturated rings. The molecule has 0 aromatic heterocycles. The molecule has 0 unspecified atom stereocenters. The maximum Gasteiger partial charge on any atom is 0.407 e. The Morgan fingerprint density at radius 3 is 1.44 bits per heavy atom. The van der Waals surface area contributed by atoms with Gasteiger partial charge in [0.15, 0.2) is 0 Å². The first-order valence-corrected chi connectivity index (χ1v) is 20.9. The Kier molecular flexibility index (Phi) is 15.2. The van der Waals surface area contributed by atoms with Crippen LogP contribution in [0.3, 0.4) is 0 Å². The van der Waals surface area contributed by atoms with Crippen LogP contribution in [-0.4, -0.2) is 97.1 Å². The first-order chi connectivity index (χ1) is 29.3. The van der Waals surface area contributed by atoms with Crippen LogP contribution in [0.25, 0.3) is 0 Å². The molecule has 0 radical (unpaired) electrons. The van der Waals surface area contributed by atoms with E-state index in [0.717, 1.165) is 16.8 Å². The van der Waals surface area contributed by atoms with Gasteiger partial charge in [0.1, 0.15) is 30.0 Å². The molecule has 4 atom stereocenters. The van der Waals surface area contributed by atoms with Gasteiger partial charge in [-0.2, -0.15) is 0 Å². The number of amides is 6. The summed E-state index contributed by atoms with van der Waals surface area (Å²) in [5.74, 6) is -1.79. The van der Waals surface area contributed by atoms with Crippen LogP contribution in [0.5, 0.6) is 0 Å². The Morgan fingerprint density at radius 2 is 1.06 bits per heavy atom. The van der Waals surface area contributed by atoms with Crippen molar-refractivity contribution >= 4 is 52.9 Å². The van der Waals surface area contributed by atoms with Crippen molar-refractivity contribution in [3.8, 4) is 0 Å². The van der Waals surface area contributed by atoms with Crippen LogP contribution in [0.1, 0.15) is 78.4 Å². The van der Waals surface area contributed by atoms with E-state index in [1.807, 2.05) is 82.8 Å². The maximum atomic E-state index is 14.1. The van der Waals surface area contributed by atoms with Crippen LogP contribution in [0, 0.1) is 16.6 Å². The van der Waals surface area contributed by atoms with Crippen LogP contribution >= 0.6 is 0 Å². The minimum Gasteiger partial charge on any atom is -0.453 e. The average molecular weight is 858 g/mol. The predicted molar refractivity (Wildman–Crippen MR) is 233 cm³/mol. The number of hydrogen-bond acceptors (Lipinski definition) is 9. The van der Waals surface area contributed by atoms with Gasteiger partial charge in [0.25, 0.3) is 0 Å². The Hall–Kier alpha value is -6.19. The van der Waals surface area contributed by atoms with Crippen LogP contribution in [-0.2, 0) is 41.7 Å². The van der Waals surface area contributed by atoms with Crippen LogP contribution < -0.4 is 26.2 Å². The molecule has 6 amide bonds. The van der Waals surface area contributed by atoms with Crippen molar-refractivity contribution in [3.63, 3.8) is 0 Å². The molecular weight excluding hydrogens is 798 g/mol. The Bertz CT molecular complexity index is 1980. The zero-order valence-electron chi connectivity index (χ0n) is 36.9. The molecule has 2 aliphatic heterocycles. The average Bonchev–Trinajstić information content (AvgIpc) is 3.92. The van der Waals surface area contributed by atoms with Crippen LogP contribution in [0.2, 0.25) is 0 Å². The normalized spacial score (nSPS) is 17.4. The van der Waals surface area contributed by atoms with Crippen molar-refractivity contribution in [2.45, 2.75) is 104 Å². The lowest BCUT2D eigenvalue weighted by molar-refractivity contribution is -0.140. The van der Waals surface area contributed by atoms with Crippen LogP contribution in [0.15, 0.2) is 72.8 Å². The summed E-state index contributed by atoms with van der Waals surface area (Å²) >= 11 is 0. The summed E-state index contributed by atoms with van der Waals surface area (Å²) in [6.45, 7) is 12.5. The number of nitrogens with zero attached hydrogens (tertiary/aromatic N) is 3.